The zero-order valence-corrected chi connectivity index (χ0v) is 14.9. The van der Waals surface area contributed by atoms with Gasteiger partial charge in [0.2, 0.25) is 0 Å². The highest BCUT2D eigenvalue weighted by Crippen LogP contribution is 2.22. The highest BCUT2D eigenvalue weighted by molar-refractivity contribution is 5.91. The van der Waals surface area contributed by atoms with Crippen molar-refractivity contribution in [3.05, 3.63) is 65.2 Å². The molecular weight excluding hydrogens is 296 g/mol. The Bertz CT molecular complexity index is 629. The van der Waals surface area contributed by atoms with Gasteiger partial charge in [0, 0.05) is 0 Å². The normalized spacial score (nSPS) is 10.6. The van der Waals surface area contributed by atoms with E-state index in [1.54, 1.807) is 0 Å². The maximum Gasteiger partial charge on any atom is 0.343 e. The van der Waals surface area contributed by atoms with E-state index in [-0.39, 0.29) is 5.97 Å². The lowest BCUT2D eigenvalue weighted by molar-refractivity contribution is 0.0733. The van der Waals surface area contributed by atoms with Crippen LogP contribution in [0.25, 0.3) is 0 Å². The van der Waals surface area contributed by atoms with Crippen LogP contribution in [0.2, 0.25) is 0 Å². The molecule has 2 nitrogen and oxygen atoms in total. The summed E-state index contributed by atoms with van der Waals surface area (Å²) in [4.78, 5) is 12.3. The van der Waals surface area contributed by atoms with Gasteiger partial charge in [-0.1, -0.05) is 74.9 Å². The first kappa shape index (κ1) is 18.3. The number of rotatable bonds is 9. The maximum absolute atomic E-state index is 12.3. The molecule has 0 saturated carbocycles. The highest BCUT2D eigenvalue weighted by atomic mass is 16.5. The minimum atomic E-state index is -0.287. The van der Waals surface area contributed by atoms with E-state index in [0.717, 1.165) is 24.0 Å². The number of ether oxygens (including phenoxy) is 1. The number of esters is 1. The summed E-state index contributed by atoms with van der Waals surface area (Å²) < 4.78 is 5.63. The summed E-state index contributed by atoms with van der Waals surface area (Å²) in [5.74, 6) is 0.405. The first-order chi connectivity index (χ1) is 11.7. The van der Waals surface area contributed by atoms with Gasteiger partial charge in [0.15, 0.2) is 0 Å². The summed E-state index contributed by atoms with van der Waals surface area (Å²) in [5.41, 5.74) is 2.85. The Morgan fingerprint density at radius 1 is 0.875 bits per heavy atom. The summed E-state index contributed by atoms with van der Waals surface area (Å²) >= 11 is 0. The molecule has 2 aromatic rings. The monoisotopic (exact) mass is 324 g/mol. The van der Waals surface area contributed by atoms with Crippen LogP contribution in [-0.2, 0) is 6.42 Å². The third kappa shape index (κ3) is 5.84. The summed E-state index contributed by atoms with van der Waals surface area (Å²) in [6, 6.07) is 15.4. The van der Waals surface area contributed by atoms with Crippen molar-refractivity contribution in [3.8, 4) is 5.75 Å². The van der Waals surface area contributed by atoms with Crippen LogP contribution in [0.5, 0.6) is 5.75 Å². The van der Waals surface area contributed by atoms with Gasteiger partial charge in [-0.3, -0.25) is 0 Å². The molecule has 2 heteroatoms. The van der Waals surface area contributed by atoms with Crippen LogP contribution in [0.1, 0.15) is 66.9 Å². The molecular formula is C22H28O2. The smallest absolute Gasteiger partial charge is 0.343 e. The number of hydrogen-bond donors (Lipinski definition) is 0. The summed E-state index contributed by atoms with van der Waals surface area (Å²) in [6.07, 6.45) is 8.55. The van der Waals surface area contributed by atoms with Crippen LogP contribution in [0, 0.1) is 6.92 Å². The van der Waals surface area contributed by atoms with Gasteiger partial charge < -0.3 is 4.74 Å². The van der Waals surface area contributed by atoms with E-state index in [1.807, 2.05) is 49.4 Å². The number of unbranched alkanes of at least 4 members (excludes halogenated alkanes) is 5. The minimum absolute atomic E-state index is 0.287. The van der Waals surface area contributed by atoms with Crippen molar-refractivity contribution in [2.24, 2.45) is 0 Å². The van der Waals surface area contributed by atoms with E-state index in [0.29, 0.717) is 11.3 Å². The Morgan fingerprint density at radius 3 is 2.29 bits per heavy atom. The van der Waals surface area contributed by atoms with Gasteiger partial charge in [0.25, 0.3) is 0 Å². The molecule has 0 aliphatic heterocycles. The molecule has 0 spiro atoms. The molecule has 0 aliphatic rings. The van der Waals surface area contributed by atoms with Crippen LogP contribution >= 0.6 is 0 Å². The molecule has 0 aliphatic carbocycles. The number of benzene rings is 2. The molecule has 0 radical (unpaired) electrons. The lowest BCUT2D eigenvalue weighted by Crippen LogP contribution is -2.09. The minimum Gasteiger partial charge on any atom is -0.423 e. The van der Waals surface area contributed by atoms with E-state index in [4.69, 9.17) is 4.74 Å². The molecule has 0 heterocycles. The Kier molecular flexibility index (Phi) is 7.54. The molecule has 2 rings (SSSR count). The maximum atomic E-state index is 12.3. The summed E-state index contributed by atoms with van der Waals surface area (Å²) in [7, 11) is 0. The van der Waals surface area contributed by atoms with E-state index in [1.165, 1.54) is 32.1 Å². The number of aryl methyl sites for hydroxylation is 2. The van der Waals surface area contributed by atoms with Crippen molar-refractivity contribution < 1.29 is 9.53 Å². The van der Waals surface area contributed by atoms with Gasteiger partial charge in [0.05, 0.1) is 5.56 Å². The Labute approximate surface area is 145 Å². The van der Waals surface area contributed by atoms with Gasteiger partial charge in [-0.25, -0.2) is 4.79 Å². The van der Waals surface area contributed by atoms with Gasteiger partial charge >= 0.3 is 5.97 Å². The lowest BCUT2D eigenvalue weighted by atomic mass is 10.0. The molecule has 0 fully saturated rings. The largest absolute Gasteiger partial charge is 0.423 e. The van der Waals surface area contributed by atoms with E-state index in [9.17, 15) is 4.79 Å². The number of para-hydroxylation sites is 1. The predicted octanol–water partition coefficient (Wildman–Crippen LogP) is 6.12. The quantitative estimate of drug-likeness (QED) is 0.316. The average Bonchev–Trinajstić information content (AvgIpc) is 2.60. The predicted molar refractivity (Wildman–Crippen MR) is 99.7 cm³/mol. The standard InChI is InChI=1S/C22H28O2/c1-3-4-5-6-7-8-11-19-12-9-10-13-21(19)24-22(23)20-16-14-18(2)15-17-20/h9-10,12-17H,3-8,11H2,1-2H3. The molecule has 0 N–H and O–H groups in total. The first-order valence-electron chi connectivity index (χ1n) is 9.07. The second-order valence-corrected chi connectivity index (χ2v) is 6.38. The third-order valence-electron chi connectivity index (χ3n) is 4.26. The Morgan fingerprint density at radius 2 is 1.54 bits per heavy atom. The summed E-state index contributed by atoms with van der Waals surface area (Å²) in [6.45, 7) is 4.24. The third-order valence-corrected chi connectivity index (χ3v) is 4.26. The SMILES string of the molecule is CCCCCCCCc1ccccc1OC(=O)c1ccc(C)cc1. The fourth-order valence-electron chi connectivity index (χ4n) is 2.75. The molecule has 0 unspecified atom stereocenters. The average molecular weight is 324 g/mol. The zero-order chi connectivity index (χ0) is 17.2. The second-order valence-electron chi connectivity index (χ2n) is 6.38. The zero-order valence-electron chi connectivity index (χ0n) is 14.9. The van der Waals surface area contributed by atoms with Crippen molar-refractivity contribution in [3.63, 3.8) is 0 Å². The van der Waals surface area contributed by atoms with E-state index in [2.05, 4.69) is 13.0 Å². The van der Waals surface area contributed by atoms with Crippen LogP contribution in [-0.4, -0.2) is 5.97 Å². The fraction of sp³-hybridized carbons (Fsp3) is 0.409. The molecule has 0 saturated heterocycles. The Balaban J connectivity index is 1.90. The van der Waals surface area contributed by atoms with Crippen molar-refractivity contribution >= 4 is 5.97 Å². The molecule has 2 aromatic carbocycles. The van der Waals surface area contributed by atoms with Crippen LogP contribution in [0.4, 0.5) is 0 Å². The highest BCUT2D eigenvalue weighted by Gasteiger charge is 2.11. The summed E-state index contributed by atoms with van der Waals surface area (Å²) in [5, 5.41) is 0. The van der Waals surface area contributed by atoms with Gasteiger partial charge in [0.1, 0.15) is 5.75 Å². The second kappa shape index (κ2) is 9.92. The van der Waals surface area contributed by atoms with Crippen LogP contribution in [0.15, 0.2) is 48.5 Å². The van der Waals surface area contributed by atoms with Crippen molar-refractivity contribution in [1.29, 1.82) is 0 Å². The van der Waals surface area contributed by atoms with E-state index >= 15 is 0 Å². The molecule has 0 amide bonds. The first-order valence-corrected chi connectivity index (χ1v) is 9.07. The van der Waals surface area contributed by atoms with Crippen LogP contribution in [0.3, 0.4) is 0 Å². The molecule has 0 aromatic heterocycles. The lowest BCUT2D eigenvalue weighted by Gasteiger charge is -2.10. The molecule has 128 valence electrons. The number of carbonyl (C=O) groups excluding carboxylic acids is 1. The van der Waals surface area contributed by atoms with Gasteiger partial charge in [-0.2, -0.15) is 0 Å². The van der Waals surface area contributed by atoms with Gasteiger partial charge in [-0.05, 0) is 43.5 Å². The van der Waals surface area contributed by atoms with Crippen molar-refractivity contribution in [2.45, 2.75) is 58.8 Å². The molecule has 0 atom stereocenters. The van der Waals surface area contributed by atoms with E-state index < -0.39 is 0 Å². The number of carbonyl (C=O) groups is 1. The molecule has 0 bridgehead atoms. The fourth-order valence-corrected chi connectivity index (χ4v) is 2.75. The molecule has 24 heavy (non-hydrogen) atoms. The number of hydrogen-bond acceptors (Lipinski definition) is 2. The van der Waals surface area contributed by atoms with Crippen molar-refractivity contribution in [1.82, 2.24) is 0 Å². The van der Waals surface area contributed by atoms with Crippen molar-refractivity contribution in [2.75, 3.05) is 0 Å². The Hall–Kier alpha value is -2.09. The van der Waals surface area contributed by atoms with Gasteiger partial charge in [-0.15, -0.1) is 0 Å². The van der Waals surface area contributed by atoms with Crippen LogP contribution < -0.4 is 4.74 Å². The topological polar surface area (TPSA) is 26.3 Å².